The van der Waals surface area contributed by atoms with E-state index < -0.39 is 0 Å². The number of rotatable bonds is 11. The summed E-state index contributed by atoms with van der Waals surface area (Å²) in [5, 5.41) is 6.82. The molecule has 6 nitrogen and oxygen atoms in total. The second-order valence-electron chi connectivity index (χ2n) is 7.46. The van der Waals surface area contributed by atoms with E-state index in [9.17, 15) is 0 Å². The molecule has 1 aliphatic heterocycles. The van der Waals surface area contributed by atoms with Crippen LogP contribution in [-0.4, -0.2) is 76.1 Å². The molecule has 0 amide bonds. The first kappa shape index (κ1) is 21.5. The molecule has 1 atom stereocenters. The van der Waals surface area contributed by atoms with Crippen LogP contribution in [0.1, 0.15) is 58.3 Å². The molecule has 2 rings (SSSR count). The summed E-state index contributed by atoms with van der Waals surface area (Å²) in [6.45, 7) is 8.62. The summed E-state index contributed by atoms with van der Waals surface area (Å²) in [6, 6.07) is 0.551. The maximum Gasteiger partial charge on any atom is 0.191 e. The normalized spacial score (nSPS) is 22.7. The van der Waals surface area contributed by atoms with Gasteiger partial charge in [-0.3, -0.25) is 9.89 Å². The second kappa shape index (κ2) is 13.3. The Morgan fingerprint density at radius 2 is 1.92 bits per heavy atom. The molecule has 1 saturated carbocycles. The zero-order valence-corrected chi connectivity index (χ0v) is 17.0. The number of aliphatic imine (C=N–C) groups is 1. The van der Waals surface area contributed by atoms with Crippen LogP contribution in [0.2, 0.25) is 0 Å². The van der Waals surface area contributed by atoms with Crippen LogP contribution in [0.4, 0.5) is 0 Å². The Balaban J connectivity index is 1.63. The molecule has 1 aliphatic carbocycles. The van der Waals surface area contributed by atoms with Gasteiger partial charge in [0.15, 0.2) is 5.96 Å². The molecule has 152 valence electrons. The third-order valence-corrected chi connectivity index (χ3v) is 5.41. The maximum atomic E-state index is 6.00. The van der Waals surface area contributed by atoms with Crippen LogP contribution < -0.4 is 10.6 Å². The summed E-state index contributed by atoms with van der Waals surface area (Å²) in [4.78, 5) is 7.32. The van der Waals surface area contributed by atoms with E-state index >= 15 is 0 Å². The number of likely N-dealkylation sites (tertiary alicyclic amines) is 1. The molecular weight excluding hydrogens is 328 g/mol. The number of methoxy groups -OCH3 is 1. The van der Waals surface area contributed by atoms with Crippen molar-refractivity contribution in [2.75, 3.05) is 53.0 Å². The lowest BCUT2D eigenvalue weighted by Gasteiger charge is -2.23. The Labute approximate surface area is 160 Å². The average Bonchev–Trinajstić information content (AvgIpc) is 3.12. The van der Waals surface area contributed by atoms with Crippen LogP contribution >= 0.6 is 0 Å². The van der Waals surface area contributed by atoms with Gasteiger partial charge in [0.05, 0.1) is 19.3 Å². The molecule has 0 aromatic carbocycles. The van der Waals surface area contributed by atoms with Gasteiger partial charge >= 0.3 is 0 Å². The summed E-state index contributed by atoms with van der Waals surface area (Å²) >= 11 is 0. The predicted octanol–water partition coefficient (Wildman–Crippen LogP) is 2.39. The Bertz CT molecular complexity index is 386. The molecule has 6 heteroatoms. The SMILES string of the molecule is CCNC(=NCC1CCCN1CCOC)NCCCOC1CCCCC1. The summed E-state index contributed by atoms with van der Waals surface area (Å²) in [5.41, 5.74) is 0. The van der Waals surface area contributed by atoms with Crippen molar-refractivity contribution in [2.24, 2.45) is 4.99 Å². The molecule has 1 unspecified atom stereocenters. The highest BCUT2D eigenvalue weighted by atomic mass is 16.5. The zero-order valence-electron chi connectivity index (χ0n) is 17.0. The number of hydrogen-bond acceptors (Lipinski definition) is 4. The van der Waals surface area contributed by atoms with E-state index in [-0.39, 0.29) is 0 Å². The first-order chi connectivity index (χ1) is 12.8. The summed E-state index contributed by atoms with van der Waals surface area (Å²) < 4.78 is 11.2. The lowest BCUT2D eigenvalue weighted by molar-refractivity contribution is 0.0277. The van der Waals surface area contributed by atoms with Gasteiger partial charge < -0.3 is 20.1 Å². The summed E-state index contributed by atoms with van der Waals surface area (Å²) in [5.74, 6) is 0.934. The minimum absolute atomic E-state index is 0.506. The van der Waals surface area contributed by atoms with E-state index in [0.29, 0.717) is 12.1 Å². The average molecular weight is 369 g/mol. The second-order valence-corrected chi connectivity index (χ2v) is 7.46. The Morgan fingerprint density at radius 3 is 2.69 bits per heavy atom. The summed E-state index contributed by atoms with van der Waals surface area (Å²) in [7, 11) is 1.77. The van der Waals surface area contributed by atoms with Crippen LogP contribution in [0.15, 0.2) is 4.99 Å². The van der Waals surface area contributed by atoms with Crippen LogP contribution in [0.5, 0.6) is 0 Å². The number of guanidine groups is 1. The van der Waals surface area contributed by atoms with E-state index in [1.165, 1.54) is 51.5 Å². The maximum absolute atomic E-state index is 6.00. The molecule has 26 heavy (non-hydrogen) atoms. The van der Waals surface area contributed by atoms with E-state index in [0.717, 1.165) is 51.8 Å². The van der Waals surface area contributed by atoms with Crippen molar-refractivity contribution in [1.29, 1.82) is 0 Å². The molecule has 0 aromatic rings. The van der Waals surface area contributed by atoms with Gasteiger partial charge in [-0.2, -0.15) is 0 Å². The molecule has 2 aliphatic rings. The number of ether oxygens (including phenoxy) is 2. The molecule has 0 aromatic heterocycles. The third-order valence-electron chi connectivity index (χ3n) is 5.41. The number of nitrogens with zero attached hydrogens (tertiary/aromatic N) is 2. The summed E-state index contributed by atoms with van der Waals surface area (Å²) in [6.07, 6.45) is 10.6. The van der Waals surface area contributed by atoms with Crippen molar-refractivity contribution in [3.05, 3.63) is 0 Å². The lowest BCUT2D eigenvalue weighted by atomic mass is 9.98. The van der Waals surface area contributed by atoms with E-state index in [1.54, 1.807) is 7.11 Å². The third kappa shape index (κ3) is 8.23. The standard InChI is InChI=1S/C20H40N4O2/c1-3-21-20(22-12-8-15-26-19-10-5-4-6-11-19)23-17-18-9-7-13-24(18)14-16-25-2/h18-19H,3-17H2,1-2H3,(H2,21,22,23). The van der Waals surface area contributed by atoms with Gasteiger partial charge in [-0.1, -0.05) is 19.3 Å². The molecule has 1 saturated heterocycles. The van der Waals surface area contributed by atoms with Gasteiger partial charge in [0.2, 0.25) is 0 Å². The van der Waals surface area contributed by atoms with Gasteiger partial charge in [-0.15, -0.1) is 0 Å². The van der Waals surface area contributed by atoms with Crippen molar-refractivity contribution >= 4 is 5.96 Å². The van der Waals surface area contributed by atoms with Gasteiger partial charge in [0.1, 0.15) is 0 Å². The first-order valence-corrected chi connectivity index (χ1v) is 10.7. The fraction of sp³-hybridized carbons (Fsp3) is 0.950. The van der Waals surface area contributed by atoms with Crippen molar-refractivity contribution < 1.29 is 9.47 Å². The van der Waals surface area contributed by atoms with Crippen LogP contribution in [0, 0.1) is 0 Å². The Morgan fingerprint density at radius 1 is 1.08 bits per heavy atom. The lowest BCUT2D eigenvalue weighted by Crippen LogP contribution is -2.40. The largest absolute Gasteiger partial charge is 0.383 e. The smallest absolute Gasteiger partial charge is 0.191 e. The Kier molecular flexibility index (Phi) is 11.0. The molecule has 0 spiro atoms. The zero-order chi connectivity index (χ0) is 18.5. The molecule has 0 bridgehead atoms. The van der Waals surface area contributed by atoms with Crippen molar-refractivity contribution in [1.82, 2.24) is 15.5 Å². The highest BCUT2D eigenvalue weighted by Gasteiger charge is 2.23. The van der Waals surface area contributed by atoms with Gasteiger partial charge in [0.25, 0.3) is 0 Å². The van der Waals surface area contributed by atoms with E-state index in [1.807, 2.05) is 0 Å². The topological polar surface area (TPSA) is 58.1 Å². The van der Waals surface area contributed by atoms with Crippen molar-refractivity contribution in [3.8, 4) is 0 Å². The van der Waals surface area contributed by atoms with E-state index in [2.05, 4.69) is 22.5 Å². The van der Waals surface area contributed by atoms with Gasteiger partial charge in [0, 0.05) is 39.4 Å². The van der Waals surface area contributed by atoms with Crippen LogP contribution in [0.3, 0.4) is 0 Å². The monoisotopic (exact) mass is 368 g/mol. The number of hydrogen-bond donors (Lipinski definition) is 2. The Hall–Kier alpha value is -0.850. The molecule has 2 N–H and O–H groups in total. The van der Waals surface area contributed by atoms with E-state index in [4.69, 9.17) is 14.5 Å². The molecule has 0 radical (unpaired) electrons. The van der Waals surface area contributed by atoms with Crippen LogP contribution in [-0.2, 0) is 9.47 Å². The quantitative estimate of drug-likeness (QED) is 0.333. The van der Waals surface area contributed by atoms with Crippen molar-refractivity contribution in [2.45, 2.75) is 70.4 Å². The number of nitrogens with one attached hydrogen (secondary N) is 2. The van der Waals surface area contributed by atoms with Crippen molar-refractivity contribution in [3.63, 3.8) is 0 Å². The fourth-order valence-corrected chi connectivity index (χ4v) is 3.90. The minimum Gasteiger partial charge on any atom is -0.383 e. The molecular formula is C20H40N4O2. The van der Waals surface area contributed by atoms with Crippen LogP contribution in [0.25, 0.3) is 0 Å². The molecule has 2 fully saturated rings. The highest BCUT2D eigenvalue weighted by molar-refractivity contribution is 5.79. The van der Waals surface area contributed by atoms with Gasteiger partial charge in [-0.25, -0.2) is 0 Å². The first-order valence-electron chi connectivity index (χ1n) is 10.7. The minimum atomic E-state index is 0.506. The molecule has 1 heterocycles. The highest BCUT2D eigenvalue weighted by Crippen LogP contribution is 2.20. The predicted molar refractivity (Wildman–Crippen MR) is 108 cm³/mol. The fourth-order valence-electron chi connectivity index (χ4n) is 3.90. The van der Waals surface area contributed by atoms with Gasteiger partial charge in [-0.05, 0) is 45.6 Å².